The molecule has 10 heteroatoms. The Labute approximate surface area is 230 Å². The van der Waals surface area contributed by atoms with Gasteiger partial charge in [-0.2, -0.15) is 0 Å². The van der Waals surface area contributed by atoms with Crippen molar-refractivity contribution in [2.75, 3.05) is 50.2 Å². The number of hydrogen-bond donors (Lipinski definition) is 3. The molecule has 4 heterocycles. The van der Waals surface area contributed by atoms with Crippen molar-refractivity contribution in [1.82, 2.24) is 14.9 Å². The highest BCUT2D eigenvalue weighted by atomic mass is 35.5. The smallest absolute Gasteiger partial charge is 0.274 e. The molecule has 0 bridgehead atoms. The fourth-order valence-electron chi connectivity index (χ4n) is 5.51. The number of fused-ring (bicyclic) bond motifs is 4. The molecule has 6 rings (SSSR count). The van der Waals surface area contributed by atoms with Crippen molar-refractivity contribution in [1.29, 1.82) is 0 Å². The van der Waals surface area contributed by atoms with Gasteiger partial charge in [0.2, 0.25) is 0 Å². The number of amides is 2. The number of aromatic hydroxyl groups is 1. The number of H-pyrrole nitrogens is 2. The molecule has 39 heavy (non-hydrogen) atoms. The molecule has 1 saturated heterocycles. The van der Waals surface area contributed by atoms with Crippen molar-refractivity contribution in [2.45, 2.75) is 25.7 Å². The summed E-state index contributed by atoms with van der Waals surface area (Å²) in [6.07, 6.45) is 2.04. The number of nitrogens with one attached hydrogen (secondary N) is 2. The van der Waals surface area contributed by atoms with Crippen LogP contribution < -0.4 is 9.64 Å². The van der Waals surface area contributed by atoms with Gasteiger partial charge in [-0.15, -0.1) is 11.6 Å². The van der Waals surface area contributed by atoms with E-state index >= 15 is 0 Å². The molecular weight excluding hydrogens is 520 g/mol. The summed E-state index contributed by atoms with van der Waals surface area (Å²) in [5.41, 5.74) is 3.59. The maximum Gasteiger partial charge on any atom is 0.274 e. The zero-order valence-electron chi connectivity index (χ0n) is 21.8. The van der Waals surface area contributed by atoms with Gasteiger partial charge in [0.05, 0.1) is 31.0 Å². The number of carbonyl (C=O) groups is 2. The monoisotopic (exact) mass is 550 g/mol. The summed E-state index contributed by atoms with van der Waals surface area (Å²) in [5, 5.41) is 12.5. The first-order valence-corrected chi connectivity index (χ1v) is 13.9. The van der Waals surface area contributed by atoms with Crippen LogP contribution in [-0.2, 0) is 4.74 Å². The van der Waals surface area contributed by atoms with Gasteiger partial charge in [-0.3, -0.25) is 9.59 Å². The lowest BCUT2D eigenvalue weighted by Gasteiger charge is -2.26. The number of carbonyl (C=O) groups excluding carboxylic acids is 2. The third kappa shape index (κ3) is 4.59. The zero-order chi connectivity index (χ0) is 27.1. The number of morpholine rings is 1. The number of nitrogens with zero attached hydrogens (tertiary/aromatic N) is 2. The molecule has 9 nitrogen and oxygen atoms in total. The first-order valence-electron chi connectivity index (χ1n) is 13.4. The summed E-state index contributed by atoms with van der Waals surface area (Å²) >= 11 is 6.40. The molecule has 0 aliphatic carbocycles. The van der Waals surface area contributed by atoms with E-state index in [-0.39, 0.29) is 23.5 Å². The van der Waals surface area contributed by atoms with Gasteiger partial charge in [-0.25, -0.2) is 0 Å². The Morgan fingerprint density at radius 1 is 1.10 bits per heavy atom. The molecule has 2 aromatic carbocycles. The summed E-state index contributed by atoms with van der Waals surface area (Å²) < 4.78 is 11.2. The van der Waals surface area contributed by atoms with Gasteiger partial charge < -0.3 is 34.3 Å². The number of anilines is 1. The number of aromatic nitrogens is 2. The highest BCUT2D eigenvalue weighted by molar-refractivity contribution is 6.19. The molecule has 2 aliphatic heterocycles. The van der Waals surface area contributed by atoms with Crippen molar-refractivity contribution in [3.63, 3.8) is 0 Å². The van der Waals surface area contributed by atoms with Gasteiger partial charge in [0, 0.05) is 53.8 Å². The predicted molar refractivity (Wildman–Crippen MR) is 151 cm³/mol. The highest BCUT2D eigenvalue weighted by Crippen LogP contribution is 2.46. The van der Waals surface area contributed by atoms with E-state index in [4.69, 9.17) is 21.1 Å². The average molecular weight is 551 g/mol. The van der Waals surface area contributed by atoms with Crippen LogP contribution in [0.25, 0.3) is 21.8 Å². The van der Waals surface area contributed by atoms with Crippen molar-refractivity contribution >= 4 is 50.9 Å². The molecule has 1 fully saturated rings. The molecular formula is C29H31ClN4O5. The summed E-state index contributed by atoms with van der Waals surface area (Å²) in [6, 6.07) is 10.9. The highest BCUT2D eigenvalue weighted by Gasteiger charge is 2.36. The second kappa shape index (κ2) is 10.5. The largest absolute Gasteiger partial charge is 0.506 e. The van der Waals surface area contributed by atoms with E-state index in [2.05, 4.69) is 16.9 Å². The molecule has 1 atom stereocenters. The van der Waals surface area contributed by atoms with Crippen LogP contribution in [0.2, 0.25) is 0 Å². The second-order valence-electron chi connectivity index (χ2n) is 10.1. The van der Waals surface area contributed by atoms with Crippen molar-refractivity contribution in [3.05, 3.63) is 53.3 Å². The Kier molecular flexibility index (Phi) is 6.86. The minimum atomic E-state index is -0.215. The number of phenols is 1. The Balaban J connectivity index is 1.33. The number of hydrogen-bond acceptors (Lipinski definition) is 5. The Morgan fingerprint density at radius 2 is 1.90 bits per heavy atom. The number of ether oxygens (including phenoxy) is 2. The van der Waals surface area contributed by atoms with Crippen LogP contribution in [-0.4, -0.2) is 77.1 Å². The number of phenolic OH excluding ortho intramolecular Hbond substituents is 1. The zero-order valence-corrected chi connectivity index (χ0v) is 22.5. The van der Waals surface area contributed by atoms with Crippen LogP contribution in [0.4, 0.5) is 5.69 Å². The number of benzene rings is 2. The minimum Gasteiger partial charge on any atom is -0.506 e. The lowest BCUT2D eigenvalue weighted by atomic mass is 9.98. The molecule has 3 N–H and O–H groups in total. The number of unbranched alkanes of at least 4 members (excludes halogenated alkanes) is 1. The van der Waals surface area contributed by atoms with Gasteiger partial charge in [0.1, 0.15) is 22.9 Å². The summed E-state index contributed by atoms with van der Waals surface area (Å²) in [4.78, 5) is 36.6. The number of halogens is 1. The fraction of sp³-hybridized carbons (Fsp3) is 0.379. The third-order valence-electron chi connectivity index (χ3n) is 7.56. The molecule has 0 spiro atoms. The average Bonchev–Trinajstić information content (AvgIpc) is 3.68. The summed E-state index contributed by atoms with van der Waals surface area (Å²) in [7, 11) is 0. The van der Waals surface area contributed by atoms with Crippen molar-refractivity contribution in [3.8, 4) is 11.5 Å². The van der Waals surface area contributed by atoms with Gasteiger partial charge in [-0.05, 0) is 42.3 Å². The van der Waals surface area contributed by atoms with Crippen molar-refractivity contribution < 1.29 is 24.2 Å². The van der Waals surface area contributed by atoms with E-state index in [9.17, 15) is 14.7 Å². The SMILES string of the molecule is CCCCOc1ccc2[nH]c(C(=O)N3C[C@@H](CCl)c4c3cc(O)c3[nH]c(C(=O)N5CCOCC5)cc43)cc2c1. The third-order valence-corrected chi connectivity index (χ3v) is 7.94. The molecule has 0 radical (unpaired) electrons. The topological polar surface area (TPSA) is 111 Å². The first kappa shape index (κ1) is 25.6. The van der Waals surface area contributed by atoms with E-state index in [0.717, 1.165) is 35.1 Å². The van der Waals surface area contributed by atoms with Crippen LogP contribution in [0.1, 0.15) is 52.2 Å². The molecule has 204 valence electrons. The van der Waals surface area contributed by atoms with Crippen molar-refractivity contribution in [2.24, 2.45) is 0 Å². The molecule has 2 amide bonds. The summed E-state index contributed by atoms with van der Waals surface area (Å²) in [5.74, 6) is 0.520. The number of rotatable bonds is 7. The molecule has 0 unspecified atom stereocenters. The van der Waals surface area contributed by atoms with Crippen LogP contribution in [0.15, 0.2) is 36.4 Å². The van der Waals surface area contributed by atoms with E-state index in [1.807, 2.05) is 24.3 Å². The second-order valence-corrected chi connectivity index (χ2v) is 10.4. The molecule has 0 saturated carbocycles. The maximum absolute atomic E-state index is 13.8. The predicted octanol–water partition coefficient (Wildman–Crippen LogP) is 4.99. The Bertz CT molecular complexity index is 1550. The van der Waals surface area contributed by atoms with E-state index < -0.39 is 0 Å². The molecule has 2 aromatic heterocycles. The molecule has 2 aliphatic rings. The van der Waals surface area contributed by atoms with E-state index in [1.54, 1.807) is 21.9 Å². The number of aromatic amines is 2. The molecule has 4 aromatic rings. The maximum atomic E-state index is 13.8. The minimum absolute atomic E-state index is 0.0247. The first-order chi connectivity index (χ1) is 19.0. The fourth-order valence-corrected chi connectivity index (χ4v) is 5.77. The lowest BCUT2D eigenvalue weighted by Crippen LogP contribution is -2.40. The normalized spacial score (nSPS) is 17.2. The van der Waals surface area contributed by atoms with Gasteiger partial charge >= 0.3 is 0 Å². The standard InChI is InChI=1S/C29H31ClN4O5/c1-2-3-8-39-19-4-5-21-17(11-19)12-22(31-21)29(37)34-16-18(15-30)26-20-13-23(28(36)33-6-9-38-10-7-33)32-27(20)25(35)14-24(26)34/h4-5,11-14,18,31-32,35H,2-3,6-10,15-16H2,1H3/t18-/m1/s1. The van der Waals surface area contributed by atoms with Gasteiger partial charge in [0.15, 0.2) is 0 Å². The lowest BCUT2D eigenvalue weighted by molar-refractivity contribution is 0.0299. The van der Waals surface area contributed by atoms with Gasteiger partial charge in [0.25, 0.3) is 11.8 Å². The summed E-state index contributed by atoms with van der Waals surface area (Å²) in [6.45, 7) is 5.17. The van der Waals surface area contributed by atoms with E-state index in [0.29, 0.717) is 73.3 Å². The van der Waals surface area contributed by atoms with Gasteiger partial charge in [-0.1, -0.05) is 13.3 Å². The van der Waals surface area contributed by atoms with Crippen LogP contribution >= 0.6 is 11.6 Å². The van der Waals surface area contributed by atoms with E-state index in [1.165, 1.54) is 0 Å². The van der Waals surface area contributed by atoms with Crippen LogP contribution in [0.3, 0.4) is 0 Å². The Hall–Kier alpha value is -3.69. The van der Waals surface area contributed by atoms with Crippen LogP contribution in [0.5, 0.6) is 11.5 Å². The Morgan fingerprint density at radius 3 is 2.67 bits per heavy atom. The number of alkyl halides is 1. The van der Waals surface area contributed by atoms with Crippen LogP contribution in [0, 0.1) is 0 Å². The quantitative estimate of drug-likeness (QED) is 0.222.